The lowest BCUT2D eigenvalue weighted by atomic mass is 10.1. The maximum atomic E-state index is 4.12. The molecule has 0 bridgehead atoms. The highest BCUT2D eigenvalue weighted by Crippen LogP contribution is 2.19. The molecule has 0 aromatic carbocycles. The minimum atomic E-state index is 1.08. The summed E-state index contributed by atoms with van der Waals surface area (Å²) in [6, 6.07) is 0. The van der Waals surface area contributed by atoms with Gasteiger partial charge < -0.3 is 0 Å². The van der Waals surface area contributed by atoms with Gasteiger partial charge in [0.2, 0.25) is 0 Å². The molecule has 0 unspecified atom stereocenters. The number of aromatic amines is 1. The van der Waals surface area contributed by atoms with Gasteiger partial charge in [-0.15, -0.1) is 0 Å². The van der Waals surface area contributed by atoms with E-state index in [1.165, 1.54) is 11.1 Å². The summed E-state index contributed by atoms with van der Waals surface area (Å²) in [6.45, 7) is 8.21. The molecule has 60 valence electrons. The highest BCUT2D eigenvalue weighted by molar-refractivity contribution is 5.66. The van der Waals surface area contributed by atoms with E-state index in [0.29, 0.717) is 0 Å². The standard InChI is InChI=1S/C9H14N2/c1-5-6(2)9-7(3)10-11-8(9)4/h5H,1-4H3,(H,10,11)/b6-5+. The summed E-state index contributed by atoms with van der Waals surface area (Å²) in [4.78, 5) is 0. The van der Waals surface area contributed by atoms with Crippen molar-refractivity contribution < 1.29 is 0 Å². The summed E-state index contributed by atoms with van der Waals surface area (Å²) in [5.74, 6) is 0. The van der Waals surface area contributed by atoms with Crippen LogP contribution in [0.1, 0.15) is 30.8 Å². The molecule has 1 rings (SSSR count). The number of hydrogen-bond acceptors (Lipinski definition) is 1. The van der Waals surface area contributed by atoms with Gasteiger partial charge in [-0.3, -0.25) is 5.10 Å². The van der Waals surface area contributed by atoms with E-state index in [1.54, 1.807) is 0 Å². The molecule has 2 nitrogen and oxygen atoms in total. The summed E-state index contributed by atoms with van der Waals surface area (Å²) in [5.41, 5.74) is 4.78. The first-order valence-corrected chi connectivity index (χ1v) is 3.81. The first-order valence-electron chi connectivity index (χ1n) is 3.81. The topological polar surface area (TPSA) is 28.7 Å². The second-order valence-electron chi connectivity index (χ2n) is 2.78. The highest BCUT2D eigenvalue weighted by atomic mass is 15.1. The fourth-order valence-electron chi connectivity index (χ4n) is 1.28. The molecule has 1 N–H and O–H groups in total. The van der Waals surface area contributed by atoms with Crippen molar-refractivity contribution >= 4 is 5.57 Å². The lowest BCUT2D eigenvalue weighted by Crippen LogP contribution is -1.82. The molecule has 0 saturated carbocycles. The van der Waals surface area contributed by atoms with Crippen LogP contribution in [0.2, 0.25) is 0 Å². The normalized spacial score (nSPS) is 12.2. The number of nitrogens with zero attached hydrogens (tertiary/aromatic N) is 1. The second-order valence-corrected chi connectivity index (χ2v) is 2.78. The van der Waals surface area contributed by atoms with Crippen molar-refractivity contribution in [2.45, 2.75) is 27.7 Å². The monoisotopic (exact) mass is 150 g/mol. The molecule has 1 aromatic heterocycles. The third-order valence-electron chi connectivity index (χ3n) is 1.96. The molecule has 0 radical (unpaired) electrons. The summed E-state index contributed by atoms with van der Waals surface area (Å²) in [5, 5.41) is 7.08. The molecule has 0 aliphatic rings. The van der Waals surface area contributed by atoms with Gasteiger partial charge in [0.25, 0.3) is 0 Å². The van der Waals surface area contributed by atoms with Crippen LogP contribution < -0.4 is 0 Å². The number of H-pyrrole nitrogens is 1. The maximum absolute atomic E-state index is 4.12. The zero-order chi connectivity index (χ0) is 8.43. The SMILES string of the molecule is C/C=C(\C)c1c(C)n[nH]c1C. The van der Waals surface area contributed by atoms with Gasteiger partial charge in [0.05, 0.1) is 5.69 Å². The predicted octanol–water partition coefficient (Wildman–Crippen LogP) is 2.45. The van der Waals surface area contributed by atoms with Crippen LogP contribution >= 0.6 is 0 Å². The van der Waals surface area contributed by atoms with Crippen molar-refractivity contribution in [3.8, 4) is 0 Å². The Morgan fingerprint density at radius 1 is 1.45 bits per heavy atom. The molecule has 0 atom stereocenters. The molecule has 1 heterocycles. The smallest absolute Gasteiger partial charge is 0.0668 e. The van der Waals surface area contributed by atoms with E-state index in [4.69, 9.17) is 0 Å². The van der Waals surface area contributed by atoms with Crippen LogP contribution in [0, 0.1) is 13.8 Å². The van der Waals surface area contributed by atoms with Crippen LogP contribution in [0.4, 0.5) is 0 Å². The molecule has 0 amide bonds. The van der Waals surface area contributed by atoms with Gasteiger partial charge >= 0.3 is 0 Å². The largest absolute Gasteiger partial charge is 0.282 e. The second kappa shape index (κ2) is 2.91. The number of rotatable bonds is 1. The third kappa shape index (κ3) is 1.34. The summed E-state index contributed by atoms with van der Waals surface area (Å²) in [6.07, 6.45) is 2.10. The van der Waals surface area contributed by atoms with E-state index in [1.807, 2.05) is 20.8 Å². The lowest BCUT2D eigenvalue weighted by Gasteiger charge is -1.98. The molecule has 11 heavy (non-hydrogen) atoms. The average molecular weight is 150 g/mol. The average Bonchev–Trinajstić information content (AvgIpc) is 2.30. The van der Waals surface area contributed by atoms with Crippen molar-refractivity contribution in [2.75, 3.05) is 0 Å². The first kappa shape index (κ1) is 8.05. The van der Waals surface area contributed by atoms with Crippen molar-refractivity contribution in [2.24, 2.45) is 0 Å². The molecule has 0 spiro atoms. The van der Waals surface area contributed by atoms with Gasteiger partial charge in [0.1, 0.15) is 0 Å². The molecular weight excluding hydrogens is 136 g/mol. The summed E-state index contributed by atoms with van der Waals surface area (Å²) < 4.78 is 0. The number of aromatic nitrogens is 2. The van der Waals surface area contributed by atoms with Crippen LogP contribution in [0.5, 0.6) is 0 Å². The third-order valence-corrected chi connectivity index (χ3v) is 1.96. The highest BCUT2D eigenvalue weighted by Gasteiger charge is 2.05. The molecular formula is C9H14N2. The van der Waals surface area contributed by atoms with Gasteiger partial charge in [-0.1, -0.05) is 6.08 Å². The molecule has 0 aliphatic heterocycles. The van der Waals surface area contributed by atoms with E-state index in [9.17, 15) is 0 Å². The van der Waals surface area contributed by atoms with E-state index in [2.05, 4.69) is 23.2 Å². The Morgan fingerprint density at radius 3 is 2.45 bits per heavy atom. The fourth-order valence-corrected chi connectivity index (χ4v) is 1.28. The molecule has 0 aliphatic carbocycles. The van der Waals surface area contributed by atoms with Gasteiger partial charge in [-0.2, -0.15) is 5.10 Å². The van der Waals surface area contributed by atoms with E-state index < -0.39 is 0 Å². The van der Waals surface area contributed by atoms with E-state index in [-0.39, 0.29) is 0 Å². The predicted molar refractivity (Wildman–Crippen MR) is 47.4 cm³/mol. The Morgan fingerprint density at radius 2 is 2.09 bits per heavy atom. The Hall–Kier alpha value is -1.05. The maximum Gasteiger partial charge on any atom is 0.0668 e. The molecule has 2 heteroatoms. The summed E-state index contributed by atoms with van der Waals surface area (Å²) in [7, 11) is 0. The molecule has 1 aromatic rings. The summed E-state index contributed by atoms with van der Waals surface area (Å²) >= 11 is 0. The van der Waals surface area contributed by atoms with Gasteiger partial charge in [-0.05, 0) is 33.3 Å². The number of nitrogens with one attached hydrogen (secondary N) is 1. The van der Waals surface area contributed by atoms with Crippen LogP contribution in [0.15, 0.2) is 6.08 Å². The minimum absolute atomic E-state index is 1.08. The number of hydrogen-bond donors (Lipinski definition) is 1. The Labute approximate surface area is 67.3 Å². The quantitative estimate of drug-likeness (QED) is 0.654. The van der Waals surface area contributed by atoms with E-state index in [0.717, 1.165) is 11.4 Å². The first-order chi connectivity index (χ1) is 5.16. The zero-order valence-corrected chi connectivity index (χ0v) is 7.52. The Kier molecular flexibility index (Phi) is 2.13. The lowest BCUT2D eigenvalue weighted by molar-refractivity contribution is 1.02. The van der Waals surface area contributed by atoms with Crippen molar-refractivity contribution in [1.82, 2.24) is 10.2 Å². The van der Waals surface area contributed by atoms with Crippen LogP contribution in [-0.2, 0) is 0 Å². The van der Waals surface area contributed by atoms with Gasteiger partial charge in [-0.25, -0.2) is 0 Å². The van der Waals surface area contributed by atoms with Gasteiger partial charge in [0.15, 0.2) is 0 Å². The van der Waals surface area contributed by atoms with Crippen molar-refractivity contribution in [3.63, 3.8) is 0 Å². The molecule has 0 fully saturated rings. The van der Waals surface area contributed by atoms with Crippen LogP contribution in [0.25, 0.3) is 5.57 Å². The van der Waals surface area contributed by atoms with Gasteiger partial charge in [0, 0.05) is 11.3 Å². The van der Waals surface area contributed by atoms with Crippen molar-refractivity contribution in [3.05, 3.63) is 23.0 Å². The van der Waals surface area contributed by atoms with Crippen LogP contribution in [0.3, 0.4) is 0 Å². The van der Waals surface area contributed by atoms with Crippen molar-refractivity contribution in [1.29, 1.82) is 0 Å². The number of allylic oxidation sites excluding steroid dienone is 2. The van der Waals surface area contributed by atoms with E-state index >= 15 is 0 Å². The molecule has 0 saturated heterocycles. The fraction of sp³-hybridized carbons (Fsp3) is 0.444. The number of aryl methyl sites for hydroxylation is 2. The zero-order valence-electron chi connectivity index (χ0n) is 7.52. The van der Waals surface area contributed by atoms with Crippen LogP contribution in [-0.4, -0.2) is 10.2 Å². The minimum Gasteiger partial charge on any atom is -0.282 e. The Bertz CT molecular complexity index is 262. The Balaban J connectivity index is 3.21.